The molecule has 0 radical (unpaired) electrons. The molecule has 2 rings (SSSR count). The molecule has 0 saturated carbocycles. The van der Waals surface area contributed by atoms with Crippen molar-refractivity contribution in [3.05, 3.63) is 35.5 Å². The first-order valence-electron chi connectivity index (χ1n) is 5.03. The largest absolute Gasteiger partial charge is 0.350 e. The molecule has 0 spiro atoms. The van der Waals surface area contributed by atoms with Crippen LogP contribution >= 0.6 is 0 Å². The first kappa shape index (κ1) is 10.7. The number of nitrogens with zero attached hydrogens (tertiary/aromatic N) is 1. The molecule has 0 fully saturated rings. The van der Waals surface area contributed by atoms with E-state index >= 15 is 0 Å². The van der Waals surface area contributed by atoms with E-state index < -0.39 is 0 Å². The van der Waals surface area contributed by atoms with Crippen LogP contribution in [0.25, 0.3) is 10.9 Å². The minimum atomic E-state index is -0.184. The number of amides is 1. The summed E-state index contributed by atoms with van der Waals surface area (Å²) >= 11 is 0. The van der Waals surface area contributed by atoms with Crippen molar-refractivity contribution in [2.45, 2.75) is 6.92 Å². The maximum Gasteiger partial charge on any atom is 0.293 e. The molecule has 2 aromatic rings. The molecule has 0 unspecified atom stereocenters. The van der Waals surface area contributed by atoms with E-state index in [9.17, 15) is 4.79 Å². The van der Waals surface area contributed by atoms with Crippen molar-refractivity contribution < 1.29 is 9.63 Å². The highest BCUT2D eigenvalue weighted by molar-refractivity contribution is 5.97. The van der Waals surface area contributed by atoms with Crippen LogP contribution in [0.2, 0.25) is 0 Å². The van der Waals surface area contributed by atoms with Gasteiger partial charge in [-0.3, -0.25) is 9.63 Å². The summed E-state index contributed by atoms with van der Waals surface area (Å²) in [5.41, 5.74) is 2.66. The Bertz CT molecular complexity index is 531. The molecular formula is C12H14N2O2. The number of aryl methyl sites for hydroxylation is 1. The summed E-state index contributed by atoms with van der Waals surface area (Å²) < 4.78 is 0. The molecular weight excluding hydrogens is 204 g/mol. The zero-order valence-corrected chi connectivity index (χ0v) is 9.57. The molecule has 1 amide bonds. The van der Waals surface area contributed by atoms with Gasteiger partial charge in [0, 0.05) is 18.0 Å². The Morgan fingerprint density at radius 1 is 1.38 bits per heavy atom. The first-order valence-corrected chi connectivity index (χ1v) is 5.03. The van der Waals surface area contributed by atoms with Crippen LogP contribution in [0.4, 0.5) is 0 Å². The van der Waals surface area contributed by atoms with Crippen molar-refractivity contribution in [2.24, 2.45) is 0 Å². The molecule has 16 heavy (non-hydrogen) atoms. The number of carbonyl (C=O) groups is 1. The number of nitrogens with one attached hydrogen (secondary N) is 1. The maximum atomic E-state index is 11.8. The van der Waals surface area contributed by atoms with Gasteiger partial charge in [0.25, 0.3) is 5.91 Å². The smallest absolute Gasteiger partial charge is 0.293 e. The molecule has 0 atom stereocenters. The van der Waals surface area contributed by atoms with Crippen LogP contribution < -0.4 is 0 Å². The average Bonchev–Trinajstić information content (AvgIpc) is 2.69. The third-order valence-electron chi connectivity index (χ3n) is 2.57. The lowest BCUT2D eigenvalue weighted by Crippen LogP contribution is -2.25. The number of hydrogen-bond acceptors (Lipinski definition) is 2. The number of benzene rings is 1. The molecule has 4 heteroatoms. The molecule has 0 saturated heterocycles. The molecule has 0 aliphatic heterocycles. The highest BCUT2D eigenvalue weighted by Crippen LogP contribution is 2.17. The van der Waals surface area contributed by atoms with Crippen molar-refractivity contribution in [3.8, 4) is 0 Å². The second kappa shape index (κ2) is 3.98. The van der Waals surface area contributed by atoms with Crippen LogP contribution in [0.15, 0.2) is 24.3 Å². The molecule has 84 valence electrons. The molecule has 0 aliphatic rings. The van der Waals surface area contributed by atoms with Crippen LogP contribution in [0.1, 0.15) is 16.1 Å². The van der Waals surface area contributed by atoms with Gasteiger partial charge in [-0.2, -0.15) is 0 Å². The molecule has 0 bridgehead atoms. The standard InChI is InChI=1S/C12H14N2O2/c1-8-4-5-9-7-11(13-10(9)6-8)12(15)14(2)16-3/h4-7,13H,1-3H3. The van der Waals surface area contributed by atoms with Crippen molar-refractivity contribution in [1.29, 1.82) is 0 Å². The van der Waals surface area contributed by atoms with E-state index in [2.05, 4.69) is 4.98 Å². The summed E-state index contributed by atoms with van der Waals surface area (Å²) in [6, 6.07) is 7.85. The van der Waals surface area contributed by atoms with Gasteiger partial charge in [0.15, 0.2) is 0 Å². The normalized spacial score (nSPS) is 10.7. The van der Waals surface area contributed by atoms with E-state index in [-0.39, 0.29) is 5.91 Å². The minimum absolute atomic E-state index is 0.184. The van der Waals surface area contributed by atoms with Crippen LogP contribution in [0.3, 0.4) is 0 Å². The van der Waals surface area contributed by atoms with Crippen LogP contribution in [0.5, 0.6) is 0 Å². The molecule has 1 aromatic carbocycles. The molecule has 4 nitrogen and oxygen atoms in total. The fraction of sp³-hybridized carbons (Fsp3) is 0.250. The van der Waals surface area contributed by atoms with E-state index in [1.165, 1.54) is 12.2 Å². The summed E-state index contributed by atoms with van der Waals surface area (Å²) in [4.78, 5) is 19.7. The number of fused-ring (bicyclic) bond motifs is 1. The highest BCUT2D eigenvalue weighted by atomic mass is 16.7. The van der Waals surface area contributed by atoms with E-state index in [0.717, 1.165) is 16.5 Å². The van der Waals surface area contributed by atoms with Crippen LogP contribution in [-0.2, 0) is 4.84 Å². The van der Waals surface area contributed by atoms with Crippen molar-refractivity contribution in [3.63, 3.8) is 0 Å². The van der Waals surface area contributed by atoms with Gasteiger partial charge in [0.05, 0.1) is 7.11 Å². The fourth-order valence-corrected chi connectivity index (χ4v) is 1.61. The van der Waals surface area contributed by atoms with Crippen molar-refractivity contribution >= 4 is 16.8 Å². The Morgan fingerprint density at radius 2 is 2.12 bits per heavy atom. The van der Waals surface area contributed by atoms with Crippen molar-refractivity contribution in [2.75, 3.05) is 14.2 Å². The summed E-state index contributed by atoms with van der Waals surface area (Å²) in [6.45, 7) is 2.02. The fourth-order valence-electron chi connectivity index (χ4n) is 1.61. The Labute approximate surface area is 93.8 Å². The number of hydrogen-bond donors (Lipinski definition) is 1. The lowest BCUT2D eigenvalue weighted by Gasteiger charge is -2.11. The third kappa shape index (κ3) is 1.79. The number of H-pyrrole nitrogens is 1. The molecule has 1 aromatic heterocycles. The quantitative estimate of drug-likeness (QED) is 0.785. The van der Waals surface area contributed by atoms with Gasteiger partial charge in [-0.15, -0.1) is 0 Å². The van der Waals surface area contributed by atoms with Gasteiger partial charge < -0.3 is 4.98 Å². The Kier molecular flexibility index (Phi) is 2.66. The average molecular weight is 218 g/mol. The van der Waals surface area contributed by atoms with E-state index in [0.29, 0.717) is 5.69 Å². The van der Waals surface area contributed by atoms with Gasteiger partial charge in [-0.25, -0.2) is 5.06 Å². The summed E-state index contributed by atoms with van der Waals surface area (Å²) in [6.07, 6.45) is 0. The first-order chi connectivity index (χ1) is 7.61. The zero-order valence-electron chi connectivity index (χ0n) is 9.57. The van der Waals surface area contributed by atoms with E-state index in [1.54, 1.807) is 7.05 Å². The zero-order chi connectivity index (χ0) is 11.7. The summed E-state index contributed by atoms with van der Waals surface area (Å²) in [5, 5.41) is 2.22. The van der Waals surface area contributed by atoms with Gasteiger partial charge in [-0.1, -0.05) is 12.1 Å². The second-order valence-corrected chi connectivity index (χ2v) is 3.76. The van der Waals surface area contributed by atoms with E-state index in [4.69, 9.17) is 4.84 Å². The van der Waals surface area contributed by atoms with Gasteiger partial charge >= 0.3 is 0 Å². The number of aromatic nitrogens is 1. The molecule has 0 aliphatic carbocycles. The number of hydroxylamine groups is 2. The monoisotopic (exact) mass is 218 g/mol. The predicted octanol–water partition coefficient (Wildman–Crippen LogP) is 2.11. The molecule has 1 heterocycles. The SMILES string of the molecule is CON(C)C(=O)c1cc2ccc(C)cc2[nH]1. The summed E-state index contributed by atoms with van der Waals surface area (Å²) in [7, 11) is 3.05. The van der Waals surface area contributed by atoms with Gasteiger partial charge in [0.1, 0.15) is 5.69 Å². The Balaban J connectivity index is 2.43. The van der Waals surface area contributed by atoms with Crippen molar-refractivity contribution in [1.82, 2.24) is 10.0 Å². The van der Waals surface area contributed by atoms with Gasteiger partial charge in [0.2, 0.25) is 0 Å². The van der Waals surface area contributed by atoms with Crippen LogP contribution in [0, 0.1) is 6.92 Å². The number of carbonyl (C=O) groups excluding carboxylic acids is 1. The maximum absolute atomic E-state index is 11.8. The predicted molar refractivity (Wildman–Crippen MR) is 62.1 cm³/mol. The number of rotatable bonds is 2. The summed E-state index contributed by atoms with van der Waals surface area (Å²) in [5.74, 6) is -0.184. The van der Waals surface area contributed by atoms with Gasteiger partial charge in [-0.05, 0) is 24.6 Å². The Morgan fingerprint density at radius 3 is 2.81 bits per heavy atom. The second-order valence-electron chi connectivity index (χ2n) is 3.76. The van der Waals surface area contributed by atoms with Crippen LogP contribution in [-0.4, -0.2) is 30.1 Å². The Hall–Kier alpha value is -1.81. The minimum Gasteiger partial charge on any atom is -0.350 e. The topological polar surface area (TPSA) is 45.3 Å². The number of aromatic amines is 1. The third-order valence-corrected chi connectivity index (χ3v) is 2.57. The lowest BCUT2D eigenvalue weighted by atomic mass is 10.2. The highest BCUT2D eigenvalue weighted by Gasteiger charge is 2.13. The lowest BCUT2D eigenvalue weighted by molar-refractivity contribution is -0.0759. The molecule has 1 N–H and O–H groups in total. The van der Waals surface area contributed by atoms with E-state index in [1.807, 2.05) is 31.2 Å².